The molecule has 9 heteroatoms. The molecule has 0 atom stereocenters. The number of aryl methyl sites for hydroxylation is 1. The Balaban J connectivity index is 1.39. The monoisotopic (exact) mass is 430 g/mol. The summed E-state index contributed by atoms with van der Waals surface area (Å²) in [7, 11) is 0. The van der Waals surface area contributed by atoms with Crippen LogP contribution in [0.2, 0.25) is 10.0 Å². The van der Waals surface area contributed by atoms with Crippen molar-refractivity contribution in [1.82, 2.24) is 19.5 Å². The number of rotatable bonds is 4. The second-order valence-corrected chi connectivity index (χ2v) is 7.80. The fourth-order valence-corrected chi connectivity index (χ4v) is 3.91. The number of nitrogens with zero attached hydrogens (tertiary/aromatic N) is 5. The zero-order valence-electron chi connectivity index (χ0n) is 15.8. The molecule has 3 aromatic rings. The molecule has 1 fully saturated rings. The van der Waals surface area contributed by atoms with Crippen molar-refractivity contribution < 1.29 is 4.79 Å². The molecule has 0 aliphatic carbocycles. The van der Waals surface area contributed by atoms with Crippen molar-refractivity contribution in [3.63, 3.8) is 0 Å². The number of halogens is 2. The Morgan fingerprint density at radius 3 is 2.55 bits per heavy atom. The number of nitrogens with one attached hydrogen (secondary N) is 1. The van der Waals surface area contributed by atoms with Gasteiger partial charge >= 0.3 is 0 Å². The van der Waals surface area contributed by atoms with Gasteiger partial charge in [0.1, 0.15) is 23.8 Å². The van der Waals surface area contributed by atoms with Gasteiger partial charge in [-0.15, -0.1) is 0 Å². The van der Waals surface area contributed by atoms with Crippen molar-refractivity contribution in [2.45, 2.75) is 19.8 Å². The number of aromatic nitrogens is 4. The summed E-state index contributed by atoms with van der Waals surface area (Å²) in [4.78, 5) is 27.8. The smallest absolute Gasteiger partial charge is 0.227 e. The van der Waals surface area contributed by atoms with Crippen LogP contribution in [0.3, 0.4) is 0 Å². The second-order valence-electron chi connectivity index (χ2n) is 6.95. The highest BCUT2D eigenvalue weighted by Gasteiger charge is 2.26. The minimum absolute atomic E-state index is 0.0220. The van der Waals surface area contributed by atoms with Crippen LogP contribution in [0.25, 0.3) is 5.82 Å². The third kappa shape index (κ3) is 4.36. The first-order valence-electron chi connectivity index (χ1n) is 9.34. The van der Waals surface area contributed by atoms with Gasteiger partial charge in [-0.2, -0.15) is 0 Å². The van der Waals surface area contributed by atoms with Crippen LogP contribution in [0.4, 0.5) is 11.5 Å². The molecule has 3 heterocycles. The van der Waals surface area contributed by atoms with Crippen LogP contribution in [0.15, 0.2) is 43.0 Å². The van der Waals surface area contributed by atoms with Gasteiger partial charge in [0.05, 0.1) is 10.7 Å². The molecule has 1 amide bonds. The Hall–Kier alpha value is -2.64. The summed E-state index contributed by atoms with van der Waals surface area (Å²) < 4.78 is 1.92. The van der Waals surface area contributed by atoms with Gasteiger partial charge < -0.3 is 10.2 Å². The number of imidazole rings is 1. The van der Waals surface area contributed by atoms with Gasteiger partial charge in [-0.05, 0) is 38.0 Å². The average Bonchev–Trinajstić information content (AvgIpc) is 3.16. The van der Waals surface area contributed by atoms with Crippen LogP contribution in [-0.2, 0) is 4.79 Å². The maximum Gasteiger partial charge on any atom is 0.227 e. The normalized spacial score (nSPS) is 14.8. The van der Waals surface area contributed by atoms with Gasteiger partial charge in [-0.1, -0.05) is 23.2 Å². The van der Waals surface area contributed by atoms with Gasteiger partial charge in [0, 0.05) is 42.5 Å². The fraction of sp³-hybridized carbons (Fsp3) is 0.300. The number of benzene rings is 1. The standard InChI is InChI=1S/C20H20Cl2N6O/c1-13-23-6-9-28(13)19-11-18(24-12-25-19)27-7-4-14(5-8-27)20(29)26-17-3-2-15(21)10-16(17)22/h2-3,6,9-12,14H,4-5,7-8H2,1H3,(H,26,29). The third-order valence-corrected chi connectivity index (χ3v) is 5.64. The van der Waals surface area contributed by atoms with Crippen molar-refractivity contribution in [1.29, 1.82) is 0 Å². The van der Waals surface area contributed by atoms with Crippen molar-refractivity contribution in [2.75, 3.05) is 23.3 Å². The summed E-state index contributed by atoms with van der Waals surface area (Å²) in [6, 6.07) is 7.00. The van der Waals surface area contributed by atoms with Gasteiger partial charge in [0.15, 0.2) is 0 Å². The Labute approximate surface area is 178 Å². The van der Waals surface area contributed by atoms with Crippen LogP contribution in [-0.4, -0.2) is 38.5 Å². The Morgan fingerprint density at radius 2 is 1.86 bits per heavy atom. The van der Waals surface area contributed by atoms with E-state index < -0.39 is 0 Å². The van der Waals surface area contributed by atoms with Gasteiger partial charge in [0.2, 0.25) is 5.91 Å². The van der Waals surface area contributed by atoms with Crippen molar-refractivity contribution in [3.8, 4) is 5.82 Å². The summed E-state index contributed by atoms with van der Waals surface area (Å²) in [5.74, 6) is 2.40. The van der Waals surface area contributed by atoms with E-state index in [4.69, 9.17) is 23.2 Å². The molecule has 1 aromatic carbocycles. The number of amides is 1. The third-order valence-electron chi connectivity index (χ3n) is 5.09. The molecule has 1 aliphatic rings. The van der Waals surface area contributed by atoms with Crippen molar-refractivity contribution >= 4 is 40.6 Å². The predicted molar refractivity (Wildman–Crippen MR) is 114 cm³/mol. The molecule has 1 aliphatic heterocycles. The molecule has 0 radical (unpaired) electrons. The zero-order valence-corrected chi connectivity index (χ0v) is 17.4. The maximum absolute atomic E-state index is 12.6. The summed E-state index contributed by atoms with van der Waals surface area (Å²) >= 11 is 12.1. The molecular formula is C20H20Cl2N6O. The van der Waals surface area contributed by atoms with E-state index in [9.17, 15) is 4.79 Å². The Kier molecular flexibility index (Phi) is 5.69. The molecule has 4 rings (SSSR count). The fourth-order valence-electron chi connectivity index (χ4n) is 3.46. The highest BCUT2D eigenvalue weighted by Crippen LogP contribution is 2.28. The molecule has 0 saturated carbocycles. The summed E-state index contributed by atoms with van der Waals surface area (Å²) in [5.41, 5.74) is 0.583. The van der Waals surface area contributed by atoms with E-state index in [1.807, 2.05) is 23.8 Å². The van der Waals surface area contributed by atoms with Crippen LogP contribution >= 0.6 is 23.2 Å². The molecule has 150 valence electrons. The molecule has 7 nitrogen and oxygen atoms in total. The van der Waals surface area contributed by atoms with Crippen LogP contribution in [0, 0.1) is 12.8 Å². The van der Waals surface area contributed by atoms with Crippen LogP contribution in [0.1, 0.15) is 18.7 Å². The second kappa shape index (κ2) is 8.39. The Bertz CT molecular complexity index is 1030. The summed E-state index contributed by atoms with van der Waals surface area (Å²) in [5, 5.41) is 3.89. The first-order chi connectivity index (χ1) is 14.0. The number of hydrogen-bond donors (Lipinski definition) is 1. The zero-order chi connectivity index (χ0) is 20.4. The quantitative estimate of drug-likeness (QED) is 0.672. The molecule has 1 N–H and O–H groups in total. The lowest BCUT2D eigenvalue weighted by atomic mass is 9.96. The molecule has 0 bridgehead atoms. The highest BCUT2D eigenvalue weighted by molar-refractivity contribution is 6.36. The van der Waals surface area contributed by atoms with Crippen molar-refractivity contribution in [2.24, 2.45) is 5.92 Å². The molecule has 0 spiro atoms. The molecule has 29 heavy (non-hydrogen) atoms. The van der Waals surface area contributed by atoms with E-state index >= 15 is 0 Å². The van der Waals surface area contributed by atoms with Gasteiger partial charge in [-0.3, -0.25) is 9.36 Å². The summed E-state index contributed by atoms with van der Waals surface area (Å²) in [6.07, 6.45) is 6.65. The first-order valence-corrected chi connectivity index (χ1v) is 10.1. The number of piperidine rings is 1. The van der Waals surface area contributed by atoms with E-state index in [1.54, 1.807) is 30.7 Å². The number of carbonyl (C=O) groups excluding carboxylic acids is 1. The van der Waals surface area contributed by atoms with E-state index in [0.717, 1.165) is 43.4 Å². The molecule has 1 saturated heterocycles. The summed E-state index contributed by atoms with van der Waals surface area (Å²) in [6.45, 7) is 3.41. The average molecular weight is 431 g/mol. The predicted octanol–water partition coefficient (Wildman–Crippen LogP) is 4.13. The van der Waals surface area contributed by atoms with E-state index in [2.05, 4.69) is 25.2 Å². The molecule has 2 aromatic heterocycles. The molecular weight excluding hydrogens is 411 g/mol. The lowest BCUT2D eigenvalue weighted by Gasteiger charge is -2.32. The van der Waals surface area contributed by atoms with Gasteiger partial charge in [0.25, 0.3) is 0 Å². The highest BCUT2D eigenvalue weighted by atomic mass is 35.5. The minimum Gasteiger partial charge on any atom is -0.356 e. The Morgan fingerprint density at radius 1 is 1.10 bits per heavy atom. The van der Waals surface area contributed by atoms with Crippen LogP contribution < -0.4 is 10.2 Å². The number of anilines is 2. The lowest BCUT2D eigenvalue weighted by molar-refractivity contribution is -0.120. The molecule has 0 unspecified atom stereocenters. The van der Waals surface area contributed by atoms with Gasteiger partial charge in [-0.25, -0.2) is 15.0 Å². The van der Waals surface area contributed by atoms with E-state index in [-0.39, 0.29) is 11.8 Å². The lowest BCUT2D eigenvalue weighted by Crippen LogP contribution is -2.38. The van der Waals surface area contributed by atoms with Crippen molar-refractivity contribution in [3.05, 3.63) is 58.9 Å². The maximum atomic E-state index is 12.6. The topological polar surface area (TPSA) is 75.9 Å². The largest absolute Gasteiger partial charge is 0.356 e. The van der Waals surface area contributed by atoms with E-state index in [1.165, 1.54) is 0 Å². The number of hydrogen-bond acceptors (Lipinski definition) is 5. The van der Waals surface area contributed by atoms with E-state index in [0.29, 0.717) is 15.7 Å². The minimum atomic E-state index is -0.0739. The SMILES string of the molecule is Cc1nccn1-c1cc(N2CCC(C(=O)Nc3ccc(Cl)cc3Cl)CC2)ncn1. The number of carbonyl (C=O) groups is 1. The van der Waals surface area contributed by atoms with Crippen LogP contribution in [0.5, 0.6) is 0 Å². The first kappa shape index (κ1) is 19.7.